The van der Waals surface area contributed by atoms with E-state index < -0.39 is 0 Å². The van der Waals surface area contributed by atoms with Crippen LogP contribution < -0.4 is 5.73 Å². The molecule has 1 aliphatic rings. The van der Waals surface area contributed by atoms with Gasteiger partial charge in [-0.25, -0.2) is 0 Å². The third kappa shape index (κ3) is 2.18. The molecular weight excluding hydrogens is 244 g/mol. The Kier molecular flexibility index (Phi) is 3.43. The van der Waals surface area contributed by atoms with Crippen LogP contribution in [0.25, 0.3) is 5.69 Å². The molecule has 1 aromatic carbocycles. The third-order valence-electron chi connectivity index (χ3n) is 4.47. The van der Waals surface area contributed by atoms with E-state index in [0.29, 0.717) is 5.92 Å². The fourth-order valence-corrected chi connectivity index (χ4v) is 3.30. The molecule has 20 heavy (non-hydrogen) atoms. The number of nitrogens with two attached hydrogens (primary N) is 1. The van der Waals surface area contributed by atoms with Gasteiger partial charge in [-0.1, -0.05) is 26.0 Å². The molecule has 2 N–H and O–H groups in total. The molecular formula is C18H24N2. The van der Waals surface area contributed by atoms with Crippen LogP contribution in [-0.4, -0.2) is 4.57 Å². The van der Waals surface area contributed by atoms with E-state index in [1.165, 1.54) is 34.6 Å². The van der Waals surface area contributed by atoms with Gasteiger partial charge in [0.2, 0.25) is 0 Å². The maximum atomic E-state index is 6.26. The van der Waals surface area contributed by atoms with Crippen molar-refractivity contribution in [2.75, 3.05) is 0 Å². The second-order valence-electron chi connectivity index (χ2n) is 6.27. The highest BCUT2D eigenvalue weighted by Gasteiger charge is 2.22. The van der Waals surface area contributed by atoms with Crippen molar-refractivity contribution in [1.29, 1.82) is 0 Å². The van der Waals surface area contributed by atoms with E-state index >= 15 is 0 Å². The van der Waals surface area contributed by atoms with Gasteiger partial charge in [0.1, 0.15) is 0 Å². The first-order valence-corrected chi connectivity index (χ1v) is 7.65. The Bertz CT molecular complexity index is 605. The summed E-state index contributed by atoms with van der Waals surface area (Å²) in [6.07, 6.45) is 3.45. The molecule has 0 amide bonds. The summed E-state index contributed by atoms with van der Waals surface area (Å²) in [5.41, 5.74) is 13.0. The lowest BCUT2D eigenvalue weighted by molar-refractivity contribution is 0.560. The fourth-order valence-electron chi connectivity index (χ4n) is 3.30. The number of aryl methyl sites for hydroxylation is 1. The molecule has 0 bridgehead atoms. The van der Waals surface area contributed by atoms with Gasteiger partial charge in [-0.2, -0.15) is 0 Å². The largest absolute Gasteiger partial charge is 0.324 e. The first-order chi connectivity index (χ1) is 9.58. The molecule has 0 radical (unpaired) electrons. The minimum absolute atomic E-state index is 0.216. The summed E-state index contributed by atoms with van der Waals surface area (Å²) in [7, 11) is 0. The quantitative estimate of drug-likeness (QED) is 0.867. The average Bonchev–Trinajstić information content (AvgIpc) is 2.77. The molecule has 2 nitrogen and oxygen atoms in total. The Morgan fingerprint density at radius 1 is 1.20 bits per heavy atom. The van der Waals surface area contributed by atoms with Gasteiger partial charge < -0.3 is 10.3 Å². The van der Waals surface area contributed by atoms with E-state index in [4.69, 9.17) is 5.73 Å². The Hall–Kier alpha value is -1.54. The van der Waals surface area contributed by atoms with Crippen LogP contribution >= 0.6 is 0 Å². The highest BCUT2D eigenvalue weighted by molar-refractivity contribution is 5.44. The Balaban J connectivity index is 2.06. The zero-order chi connectivity index (χ0) is 14.3. The summed E-state index contributed by atoms with van der Waals surface area (Å²) >= 11 is 0. The standard InChI is InChI=1S/C18H24N2/c1-12(2)14-7-9-15(10-8-14)20-13(3)11-16-17(19)5-4-6-18(16)20/h7-12,17H,4-6,19H2,1-3H3. The Morgan fingerprint density at radius 3 is 2.55 bits per heavy atom. The lowest BCUT2D eigenvalue weighted by Crippen LogP contribution is -2.17. The number of aromatic nitrogens is 1. The number of fused-ring (bicyclic) bond motifs is 1. The third-order valence-corrected chi connectivity index (χ3v) is 4.47. The first kappa shape index (κ1) is 13.4. The van der Waals surface area contributed by atoms with Gasteiger partial charge in [0.05, 0.1) is 0 Å². The van der Waals surface area contributed by atoms with Gasteiger partial charge in [-0.05, 0) is 61.4 Å². The molecule has 0 spiro atoms. The van der Waals surface area contributed by atoms with Crippen molar-refractivity contribution in [2.45, 2.75) is 52.0 Å². The van der Waals surface area contributed by atoms with Gasteiger partial charge in [0, 0.05) is 23.1 Å². The number of hydrogen-bond donors (Lipinski definition) is 1. The number of nitrogens with zero attached hydrogens (tertiary/aromatic N) is 1. The Morgan fingerprint density at radius 2 is 1.90 bits per heavy atom. The molecule has 1 unspecified atom stereocenters. The second-order valence-corrected chi connectivity index (χ2v) is 6.27. The molecule has 2 heteroatoms. The van der Waals surface area contributed by atoms with Crippen molar-refractivity contribution in [1.82, 2.24) is 4.57 Å². The first-order valence-electron chi connectivity index (χ1n) is 7.65. The van der Waals surface area contributed by atoms with Crippen molar-refractivity contribution < 1.29 is 0 Å². The Labute approximate surface area is 121 Å². The molecule has 1 aromatic heterocycles. The van der Waals surface area contributed by atoms with E-state index in [1.807, 2.05) is 0 Å². The van der Waals surface area contributed by atoms with Crippen molar-refractivity contribution >= 4 is 0 Å². The maximum absolute atomic E-state index is 6.26. The van der Waals surface area contributed by atoms with Crippen LogP contribution in [0.5, 0.6) is 0 Å². The minimum atomic E-state index is 0.216. The van der Waals surface area contributed by atoms with Gasteiger partial charge >= 0.3 is 0 Å². The number of benzene rings is 1. The molecule has 106 valence electrons. The van der Waals surface area contributed by atoms with Crippen LogP contribution in [0.1, 0.15) is 61.2 Å². The lowest BCUT2D eigenvalue weighted by atomic mass is 9.93. The molecule has 1 atom stereocenters. The van der Waals surface area contributed by atoms with Crippen LogP contribution in [0.2, 0.25) is 0 Å². The predicted octanol–water partition coefficient (Wildman–Crippen LogP) is 4.25. The molecule has 3 rings (SSSR count). The van der Waals surface area contributed by atoms with Gasteiger partial charge in [0.25, 0.3) is 0 Å². The van der Waals surface area contributed by atoms with Crippen LogP contribution in [0.15, 0.2) is 30.3 Å². The summed E-state index contributed by atoms with van der Waals surface area (Å²) < 4.78 is 2.39. The van der Waals surface area contributed by atoms with Crippen molar-refractivity contribution in [2.24, 2.45) is 5.73 Å². The van der Waals surface area contributed by atoms with Crippen LogP contribution in [0.4, 0.5) is 0 Å². The van der Waals surface area contributed by atoms with Gasteiger partial charge in [-0.3, -0.25) is 0 Å². The molecule has 0 saturated carbocycles. The number of rotatable bonds is 2. The lowest BCUT2D eigenvalue weighted by Gasteiger charge is -2.21. The number of hydrogen-bond acceptors (Lipinski definition) is 1. The van der Waals surface area contributed by atoms with E-state index in [2.05, 4.69) is 55.7 Å². The summed E-state index contributed by atoms with van der Waals surface area (Å²) in [5, 5.41) is 0. The van der Waals surface area contributed by atoms with E-state index in [0.717, 1.165) is 12.8 Å². The normalized spacial score (nSPS) is 18.4. The van der Waals surface area contributed by atoms with Crippen LogP contribution in [-0.2, 0) is 6.42 Å². The van der Waals surface area contributed by atoms with E-state index in [9.17, 15) is 0 Å². The van der Waals surface area contributed by atoms with E-state index in [1.54, 1.807) is 0 Å². The molecule has 0 saturated heterocycles. The van der Waals surface area contributed by atoms with Gasteiger partial charge in [0.15, 0.2) is 0 Å². The summed E-state index contributed by atoms with van der Waals surface area (Å²) in [6, 6.07) is 11.5. The zero-order valence-corrected chi connectivity index (χ0v) is 12.7. The fraction of sp³-hybridized carbons (Fsp3) is 0.444. The highest BCUT2D eigenvalue weighted by atomic mass is 15.0. The predicted molar refractivity (Wildman–Crippen MR) is 84.5 cm³/mol. The highest BCUT2D eigenvalue weighted by Crippen LogP contribution is 2.33. The maximum Gasteiger partial charge on any atom is 0.0455 e. The van der Waals surface area contributed by atoms with Gasteiger partial charge in [-0.15, -0.1) is 0 Å². The van der Waals surface area contributed by atoms with Crippen LogP contribution in [0, 0.1) is 6.92 Å². The summed E-state index contributed by atoms with van der Waals surface area (Å²) in [6.45, 7) is 6.65. The average molecular weight is 268 g/mol. The molecule has 1 aliphatic carbocycles. The topological polar surface area (TPSA) is 30.9 Å². The monoisotopic (exact) mass is 268 g/mol. The SMILES string of the molecule is Cc1cc2c(n1-c1ccc(C(C)C)cc1)CCCC2N. The van der Waals surface area contributed by atoms with Crippen LogP contribution in [0.3, 0.4) is 0 Å². The molecule has 2 aromatic rings. The zero-order valence-electron chi connectivity index (χ0n) is 12.7. The molecule has 0 fully saturated rings. The molecule has 1 heterocycles. The molecule has 0 aliphatic heterocycles. The van der Waals surface area contributed by atoms with Crippen molar-refractivity contribution in [3.8, 4) is 5.69 Å². The minimum Gasteiger partial charge on any atom is -0.324 e. The van der Waals surface area contributed by atoms with E-state index in [-0.39, 0.29) is 6.04 Å². The van der Waals surface area contributed by atoms with Crippen molar-refractivity contribution in [3.05, 3.63) is 52.8 Å². The summed E-state index contributed by atoms with van der Waals surface area (Å²) in [4.78, 5) is 0. The second kappa shape index (κ2) is 5.10. The smallest absolute Gasteiger partial charge is 0.0455 e. The summed E-state index contributed by atoms with van der Waals surface area (Å²) in [5.74, 6) is 0.581. The van der Waals surface area contributed by atoms with Crippen molar-refractivity contribution in [3.63, 3.8) is 0 Å².